The average molecular weight is 383 g/mol. The van der Waals surface area contributed by atoms with E-state index in [2.05, 4.69) is 10.3 Å². The summed E-state index contributed by atoms with van der Waals surface area (Å²) in [6.45, 7) is -0.0341. The molecule has 1 aromatic heterocycles. The van der Waals surface area contributed by atoms with Gasteiger partial charge in [0.05, 0.1) is 15.9 Å². The average Bonchev–Trinajstić information content (AvgIpc) is 2.58. The second kappa shape index (κ2) is 6.67. The van der Waals surface area contributed by atoms with E-state index in [1.165, 1.54) is 18.2 Å². The molecule has 1 heterocycles. The summed E-state index contributed by atoms with van der Waals surface area (Å²) >= 11 is 0. The largest absolute Gasteiger partial charge is 0.418 e. The van der Waals surface area contributed by atoms with Gasteiger partial charge in [-0.15, -0.1) is 0 Å². The van der Waals surface area contributed by atoms with Crippen molar-refractivity contribution in [2.24, 2.45) is 0 Å². The standard InChI is InChI=1S/C16H9F4N3O4/c17-10-3-1-2-8(4-10)7-21-15-22-14(24)11-5-9(16(18,19)20)6-12(23(25)26)13(11)27-15/h1-6H,7H2,(H,21,22,24). The van der Waals surface area contributed by atoms with Crippen LogP contribution in [0.3, 0.4) is 0 Å². The predicted octanol–water partition coefficient (Wildman–Crippen LogP) is 3.87. The number of anilines is 1. The molecule has 27 heavy (non-hydrogen) atoms. The molecule has 0 aliphatic rings. The van der Waals surface area contributed by atoms with Gasteiger partial charge in [0.1, 0.15) is 5.82 Å². The van der Waals surface area contributed by atoms with Crippen molar-refractivity contribution in [2.45, 2.75) is 12.7 Å². The van der Waals surface area contributed by atoms with E-state index in [0.717, 1.165) is 0 Å². The summed E-state index contributed by atoms with van der Waals surface area (Å²) in [6, 6.07) is 5.70. The lowest BCUT2D eigenvalue weighted by Crippen LogP contribution is -2.14. The lowest BCUT2D eigenvalue weighted by molar-refractivity contribution is -0.383. The number of nitro benzene ring substituents is 1. The SMILES string of the molecule is O=c1nc(NCc2cccc(F)c2)oc2c([N+](=O)[O-])cc(C(F)(F)F)cc12. The Morgan fingerprint density at radius 3 is 2.59 bits per heavy atom. The summed E-state index contributed by atoms with van der Waals surface area (Å²) < 4.78 is 57.0. The molecule has 0 fully saturated rings. The zero-order chi connectivity index (χ0) is 19.8. The van der Waals surface area contributed by atoms with E-state index in [1.54, 1.807) is 6.07 Å². The fourth-order valence-electron chi connectivity index (χ4n) is 2.35. The van der Waals surface area contributed by atoms with Crippen LogP contribution in [0.15, 0.2) is 45.6 Å². The van der Waals surface area contributed by atoms with Crippen LogP contribution in [0.4, 0.5) is 29.3 Å². The molecule has 0 aliphatic heterocycles. The van der Waals surface area contributed by atoms with Crippen LogP contribution in [-0.2, 0) is 12.7 Å². The molecule has 3 rings (SSSR count). The molecule has 0 aliphatic carbocycles. The van der Waals surface area contributed by atoms with Gasteiger partial charge >= 0.3 is 11.9 Å². The van der Waals surface area contributed by atoms with Crippen LogP contribution in [0, 0.1) is 15.9 Å². The number of fused-ring (bicyclic) bond motifs is 1. The molecule has 1 N–H and O–H groups in total. The van der Waals surface area contributed by atoms with Crippen LogP contribution >= 0.6 is 0 Å². The summed E-state index contributed by atoms with van der Waals surface area (Å²) in [5.41, 5.74) is -3.70. The molecule has 0 spiro atoms. The Morgan fingerprint density at radius 2 is 1.96 bits per heavy atom. The van der Waals surface area contributed by atoms with Crippen molar-refractivity contribution in [3.63, 3.8) is 0 Å². The molecule has 0 radical (unpaired) electrons. The topological polar surface area (TPSA) is 98.3 Å². The Bertz CT molecular complexity index is 1100. The van der Waals surface area contributed by atoms with E-state index in [0.29, 0.717) is 11.6 Å². The number of hydrogen-bond donors (Lipinski definition) is 1. The van der Waals surface area contributed by atoms with Crippen molar-refractivity contribution >= 4 is 22.7 Å². The van der Waals surface area contributed by atoms with Gasteiger partial charge in [-0.3, -0.25) is 14.9 Å². The molecule has 11 heteroatoms. The van der Waals surface area contributed by atoms with Gasteiger partial charge < -0.3 is 9.73 Å². The fraction of sp³-hybridized carbons (Fsp3) is 0.125. The quantitative estimate of drug-likeness (QED) is 0.417. The highest BCUT2D eigenvalue weighted by Crippen LogP contribution is 2.35. The highest BCUT2D eigenvalue weighted by molar-refractivity contribution is 5.86. The van der Waals surface area contributed by atoms with Crippen LogP contribution in [0.2, 0.25) is 0 Å². The number of halogens is 4. The fourth-order valence-corrected chi connectivity index (χ4v) is 2.35. The first-order chi connectivity index (χ1) is 12.6. The summed E-state index contributed by atoms with van der Waals surface area (Å²) in [6.07, 6.45) is -4.89. The molecule has 0 saturated carbocycles. The number of non-ortho nitro benzene ring substituents is 1. The lowest BCUT2D eigenvalue weighted by atomic mass is 10.1. The molecule has 2 aromatic carbocycles. The van der Waals surface area contributed by atoms with Gasteiger partial charge in [0, 0.05) is 12.6 Å². The maximum atomic E-state index is 13.2. The van der Waals surface area contributed by atoms with E-state index in [9.17, 15) is 32.5 Å². The highest BCUT2D eigenvalue weighted by atomic mass is 19.4. The molecule has 140 valence electrons. The first-order valence-corrected chi connectivity index (χ1v) is 7.34. The van der Waals surface area contributed by atoms with Crippen LogP contribution in [-0.4, -0.2) is 9.91 Å². The smallest absolute Gasteiger partial charge is 0.416 e. The van der Waals surface area contributed by atoms with Gasteiger partial charge in [0.15, 0.2) is 0 Å². The summed E-state index contributed by atoms with van der Waals surface area (Å²) in [5, 5.41) is 13.0. The Balaban J connectivity index is 2.06. The van der Waals surface area contributed by atoms with Gasteiger partial charge in [-0.25, -0.2) is 4.39 Å². The monoisotopic (exact) mass is 383 g/mol. The zero-order valence-corrected chi connectivity index (χ0v) is 13.2. The first-order valence-electron chi connectivity index (χ1n) is 7.34. The third-order valence-corrected chi connectivity index (χ3v) is 3.56. The second-order valence-electron chi connectivity index (χ2n) is 5.43. The van der Waals surface area contributed by atoms with E-state index in [4.69, 9.17) is 4.42 Å². The Morgan fingerprint density at radius 1 is 1.22 bits per heavy atom. The van der Waals surface area contributed by atoms with E-state index >= 15 is 0 Å². The number of nitrogens with zero attached hydrogens (tertiary/aromatic N) is 2. The highest BCUT2D eigenvalue weighted by Gasteiger charge is 2.34. The van der Waals surface area contributed by atoms with Gasteiger partial charge in [-0.05, 0) is 23.8 Å². The van der Waals surface area contributed by atoms with E-state index in [1.807, 2.05) is 0 Å². The number of rotatable bonds is 4. The number of nitrogens with one attached hydrogen (secondary N) is 1. The Kier molecular flexibility index (Phi) is 4.52. The van der Waals surface area contributed by atoms with E-state index < -0.39 is 50.7 Å². The van der Waals surface area contributed by atoms with Crippen LogP contribution < -0.4 is 10.9 Å². The predicted molar refractivity (Wildman–Crippen MR) is 85.7 cm³/mol. The Labute approximate surface area is 147 Å². The minimum atomic E-state index is -4.89. The minimum absolute atomic E-state index is 0.0341. The third kappa shape index (κ3) is 3.86. The molecule has 3 aromatic rings. The van der Waals surface area contributed by atoms with Crippen LogP contribution in [0.1, 0.15) is 11.1 Å². The number of hydrogen-bond acceptors (Lipinski definition) is 6. The lowest BCUT2D eigenvalue weighted by Gasteiger charge is -2.09. The summed E-state index contributed by atoms with van der Waals surface area (Å²) in [4.78, 5) is 25.5. The first kappa shape index (κ1) is 18.3. The van der Waals surface area contributed by atoms with Crippen molar-refractivity contribution in [1.29, 1.82) is 0 Å². The van der Waals surface area contributed by atoms with Crippen LogP contribution in [0.5, 0.6) is 0 Å². The van der Waals surface area contributed by atoms with Gasteiger partial charge in [-0.2, -0.15) is 18.2 Å². The van der Waals surface area contributed by atoms with Crippen molar-refractivity contribution in [3.05, 3.63) is 73.8 Å². The zero-order valence-electron chi connectivity index (χ0n) is 13.2. The Hall–Kier alpha value is -3.50. The van der Waals surface area contributed by atoms with Crippen LogP contribution in [0.25, 0.3) is 11.0 Å². The summed E-state index contributed by atoms with van der Waals surface area (Å²) in [5.74, 6) is -0.502. The summed E-state index contributed by atoms with van der Waals surface area (Å²) in [7, 11) is 0. The maximum absolute atomic E-state index is 13.2. The molecule has 0 atom stereocenters. The normalized spacial score (nSPS) is 11.6. The molecule has 0 amide bonds. The number of nitro groups is 1. The number of aromatic nitrogens is 1. The number of benzene rings is 2. The molecule has 0 bridgehead atoms. The third-order valence-electron chi connectivity index (χ3n) is 3.56. The van der Waals surface area contributed by atoms with Crippen molar-refractivity contribution < 1.29 is 26.9 Å². The number of alkyl halides is 3. The van der Waals surface area contributed by atoms with Gasteiger partial charge in [0.25, 0.3) is 11.6 Å². The maximum Gasteiger partial charge on any atom is 0.416 e. The van der Waals surface area contributed by atoms with Gasteiger partial charge in [-0.1, -0.05) is 12.1 Å². The second-order valence-corrected chi connectivity index (χ2v) is 5.43. The van der Waals surface area contributed by atoms with Crippen molar-refractivity contribution in [3.8, 4) is 0 Å². The molecule has 0 saturated heterocycles. The molecular weight excluding hydrogens is 374 g/mol. The van der Waals surface area contributed by atoms with E-state index in [-0.39, 0.29) is 12.6 Å². The van der Waals surface area contributed by atoms with Gasteiger partial charge in [0.2, 0.25) is 5.58 Å². The van der Waals surface area contributed by atoms with Crippen molar-refractivity contribution in [1.82, 2.24) is 4.98 Å². The van der Waals surface area contributed by atoms with Crippen molar-refractivity contribution in [2.75, 3.05) is 5.32 Å². The molecular formula is C16H9F4N3O4. The molecule has 7 nitrogen and oxygen atoms in total. The molecule has 0 unspecified atom stereocenters. The minimum Gasteiger partial charge on any atom is -0.418 e.